The largest absolute Gasteiger partial charge is 0.486 e. The molecular formula is C25H30N4O4S2. The molecule has 1 aliphatic carbocycles. The van der Waals surface area contributed by atoms with Gasteiger partial charge in [-0.2, -0.15) is 0 Å². The first-order valence-electron chi connectivity index (χ1n) is 11.8. The smallest absolute Gasteiger partial charge is 0.341 e. The molecule has 1 aromatic carbocycles. The molecule has 0 radical (unpaired) electrons. The normalized spacial score (nSPS) is 13.1. The van der Waals surface area contributed by atoms with Crippen molar-refractivity contribution in [2.45, 2.75) is 57.7 Å². The number of thiophene rings is 1. The maximum Gasteiger partial charge on any atom is 0.341 e. The highest BCUT2D eigenvalue weighted by atomic mass is 32.2. The number of fused-ring (bicyclic) bond motifs is 1. The highest BCUT2D eigenvalue weighted by Crippen LogP contribution is 2.38. The lowest BCUT2D eigenvalue weighted by atomic mass is 10.1. The van der Waals surface area contributed by atoms with E-state index in [4.69, 9.17) is 9.47 Å². The maximum absolute atomic E-state index is 12.8. The molecule has 0 fully saturated rings. The molecule has 0 saturated heterocycles. The van der Waals surface area contributed by atoms with Gasteiger partial charge < -0.3 is 19.4 Å². The molecule has 1 amide bonds. The molecule has 3 aromatic rings. The standard InChI is InChI=1S/C25H30N4O4S2/c1-4-32-24(31)22-18-11-6-5-7-12-19(18)35-23(22)26-21(30)15-34-25-28-27-20(29(25)3)14-33-17-10-8-9-16(2)13-17/h8-10,13H,4-7,11-12,14-15H2,1-3H3,(H,26,30). The van der Waals surface area contributed by atoms with Crippen LogP contribution >= 0.6 is 23.1 Å². The fourth-order valence-corrected chi connectivity index (χ4v) is 6.02. The van der Waals surface area contributed by atoms with Crippen LogP contribution in [0, 0.1) is 6.92 Å². The van der Waals surface area contributed by atoms with Gasteiger partial charge in [-0.1, -0.05) is 30.3 Å². The Morgan fingerprint density at radius 2 is 2.03 bits per heavy atom. The van der Waals surface area contributed by atoms with E-state index in [2.05, 4.69) is 15.5 Å². The van der Waals surface area contributed by atoms with E-state index in [9.17, 15) is 9.59 Å². The first-order valence-corrected chi connectivity index (χ1v) is 13.6. The second kappa shape index (κ2) is 11.7. The summed E-state index contributed by atoms with van der Waals surface area (Å²) >= 11 is 2.79. The van der Waals surface area contributed by atoms with Gasteiger partial charge in [0.2, 0.25) is 5.91 Å². The number of esters is 1. The number of carbonyl (C=O) groups excluding carboxylic acids is 2. The summed E-state index contributed by atoms with van der Waals surface area (Å²) in [7, 11) is 1.85. The van der Waals surface area contributed by atoms with Crippen LogP contribution in [-0.4, -0.2) is 39.0 Å². The molecule has 2 aromatic heterocycles. The molecule has 35 heavy (non-hydrogen) atoms. The van der Waals surface area contributed by atoms with Crippen molar-refractivity contribution in [3.63, 3.8) is 0 Å². The second-order valence-electron chi connectivity index (χ2n) is 8.39. The van der Waals surface area contributed by atoms with Crippen molar-refractivity contribution >= 4 is 40.0 Å². The molecule has 10 heteroatoms. The monoisotopic (exact) mass is 514 g/mol. The number of anilines is 1. The van der Waals surface area contributed by atoms with E-state index in [0.717, 1.165) is 49.0 Å². The lowest BCUT2D eigenvalue weighted by Crippen LogP contribution is -2.17. The van der Waals surface area contributed by atoms with Crippen LogP contribution < -0.4 is 10.1 Å². The summed E-state index contributed by atoms with van der Waals surface area (Å²) in [6.45, 7) is 4.38. The van der Waals surface area contributed by atoms with E-state index in [-0.39, 0.29) is 24.2 Å². The number of amides is 1. The number of hydrogen-bond acceptors (Lipinski definition) is 8. The summed E-state index contributed by atoms with van der Waals surface area (Å²) in [5.41, 5.74) is 2.69. The number of aromatic nitrogens is 3. The zero-order valence-electron chi connectivity index (χ0n) is 20.3. The Hall–Kier alpha value is -2.85. The van der Waals surface area contributed by atoms with Crippen molar-refractivity contribution in [1.29, 1.82) is 0 Å². The number of nitrogens with zero attached hydrogens (tertiary/aromatic N) is 3. The minimum Gasteiger partial charge on any atom is -0.486 e. The minimum absolute atomic E-state index is 0.148. The van der Waals surface area contributed by atoms with Crippen molar-refractivity contribution in [2.24, 2.45) is 7.05 Å². The first kappa shape index (κ1) is 25.2. The molecule has 1 aliphatic rings. The third kappa shape index (κ3) is 6.24. The molecule has 186 valence electrons. The molecular weight excluding hydrogens is 484 g/mol. The van der Waals surface area contributed by atoms with Gasteiger partial charge in [-0.15, -0.1) is 21.5 Å². The molecule has 0 saturated carbocycles. The molecule has 1 N–H and O–H groups in total. The molecule has 0 bridgehead atoms. The van der Waals surface area contributed by atoms with Crippen molar-refractivity contribution in [3.05, 3.63) is 51.7 Å². The predicted molar refractivity (Wildman–Crippen MR) is 137 cm³/mol. The van der Waals surface area contributed by atoms with E-state index in [1.165, 1.54) is 28.0 Å². The van der Waals surface area contributed by atoms with Gasteiger partial charge in [0, 0.05) is 11.9 Å². The summed E-state index contributed by atoms with van der Waals surface area (Å²) in [5.74, 6) is 1.03. The molecule has 0 atom stereocenters. The van der Waals surface area contributed by atoms with Crippen molar-refractivity contribution < 1.29 is 19.1 Å². The van der Waals surface area contributed by atoms with Gasteiger partial charge in [-0.25, -0.2) is 4.79 Å². The fraction of sp³-hybridized carbons (Fsp3) is 0.440. The topological polar surface area (TPSA) is 95.3 Å². The summed E-state index contributed by atoms with van der Waals surface area (Å²) in [5, 5.41) is 12.6. The molecule has 8 nitrogen and oxygen atoms in total. The number of hydrogen-bond donors (Lipinski definition) is 1. The van der Waals surface area contributed by atoms with Crippen molar-refractivity contribution in [1.82, 2.24) is 14.8 Å². The van der Waals surface area contributed by atoms with Gasteiger partial charge >= 0.3 is 5.97 Å². The molecule has 0 spiro atoms. The first-order chi connectivity index (χ1) is 17.0. The second-order valence-corrected chi connectivity index (χ2v) is 10.4. The Labute approximate surface area is 213 Å². The number of aryl methyl sites for hydroxylation is 2. The number of nitrogens with one attached hydrogen (secondary N) is 1. The van der Waals surface area contributed by atoms with Crippen LogP contribution in [0.15, 0.2) is 29.4 Å². The lowest BCUT2D eigenvalue weighted by Gasteiger charge is -2.09. The average molecular weight is 515 g/mol. The summed E-state index contributed by atoms with van der Waals surface area (Å²) < 4.78 is 12.9. The molecule has 2 heterocycles. The summed E-state index contributed by atoms with van der Waals surface area (Å²) in [4.78, 5) is 26.7. The fourth-order valence-electron chi connectivity index (χ4n) is 3.99. The Bertz CT molecular complexity index is 1200. The Morgan fingerprint density at radius 3 is 2.83 bits per heavy atom. The quantitative estimate of drug-likeness (QED) is 0.245. The van der Waals surface area contributed by atoms with Gasteiger partial charge in [0.1, 0.15) is 17.4 Å². The van der Waals surface area contributed by atoms with E-state index in [0.29, 0.717) is 28.2 Å². The molecule has 4 rings (SSSR count). The van der Waals surface area contributed by atoms with Crippen LogP contribution in [0.5, 0.6) is 5.75 Å². The zero-order valence-corrected chi connectivity index (χ0v) is 21.9. The third-order valence-electron chi connectivity index (χ3n) is 5.77. The number of thioether (sulfide) groups is 1. The van der Waals surface area contributed by atoms with E-state index in [1.807, 2.05) is 42.8 Å². The summed E-state index contributed by atoms with van der Waals surface area (Å²) in [6.07, 6.45) is 5.07. The van der Waals surface area contributed by atoms with Crippen LogP contribution in [0.4, 0.5) is 5.00 Å². The van der Waals surface area contributed by atoms with Crippen LogP contribution in [-0.2, 0) is 36.0 Å². The SMILES string of the molecule is CCOC(=O)c1c(NC(=O)CSc2nnc(COc3cccc(C)c3)n2C)sc2c1CCCCC2. The molecule has 0 aliphatic heterocycles. The van der Waals surface area contributed by atoms with Crippen LogP contribution in [0.3, 0.4) is 0 Å². The van der Waals surface area contributed by atoms with E-state index >= 15 is 0 Å². The minimum atomic E-state index is -0.360. The lowest BCUT2D eigenvalue weighted by molar-refractivity contribution is -0.113. The van der Waals surface area contributed by atoms with Gasteiger partial charge in [-0.05, 0) is 62.8 Å². The summed E-state index contributed by atoms with van der Waals surface area (Å²) in [6, 6.07) is 7.82. The maximum atomic E-state index is 12.8. The number of carbonyl (C=O) groups is 2. The van der Waals surface area contributed by atoms with Crippen molar-refractivity contribution in [3.8, 4) is 5.75 Å². The Balaban J connectivity index is 1.38. The Kier molecular flexibility index (Phi) is 8.46. The van der Waals surface area contributed by atoms with Gasteiger partial charge in [-0.3, -0.25) is 4.79 Å². The molecule has 0 unspecified atom stereocenters. The third-order valence-corrected chi connectivity index (χ3v) is 8.00. The van der Waals surface area contributed by atoms with Crippen LogP contribution in [0.2, 0.25) is 0 Å². The number of ether oxygens (including phenoxy) is 2. The van der Waals surface area contributed by atoms with Crippen LogP contribution in [0.25, 0.3) is 0 Å². The van der Waals surface area contributed by atoms with Crippen LogP contribution in [0.1, 0.15) is 58.4 Å². The van der Waals surface area contributed by atoms with Crippen molar-refractivity contribution in [2.75, 3.05) is 17.7 Å². The van der Waals surface area contributed by atoms with Gasteiger partial charge in [0.25, 0.3) is 0 Å². The highest BCUT2D eigenvalue weighted by Gasteiger charge is 2.26. The van der Waals surface area contributed by atoms with Gasteiger partial charge in [0.05, 0.1) is 17.9 Å². The zero-order chi connectivity index (χ0) is 24.8. The number of rotatable bonds is 9. The van der Waals surface area contributed by atoms with E-state index in [1.54, 1.807) is 6.92 Å². The van der Waals surface area contributed by atoms with E-state index < -0.39 is 0 Å². The predicted octanol–water partition coefficient (Wildman–Crippen LogP) is 4.94. The Morgan fingerprint density at radius 1 is 1.20 bits per heavy atom. The highest BCUT2D eigenvalue weighted by molar-refractivity contribution is 7.99. The van der Waals surface area contributed by atoms with Gasteiger partial charge in [0.15, 0.2) is 11.0 Å². The number of benzene rings is 1. The average Bonchev–Trinajstić information content (AvgIpc) is 3.26.